The van der Waals surface area contributed by atoms with Crippen LogP contribution in [0.2, 0.25) is 5.02 Å². The Labute approximate surface area is 233 Å². The number of fused-ring (bicyclic) bond motifs is 3. The molecular weight excluding hydrogens is 572 g/mol. The molecule has 0 amide bonds. The third-order valence-electron chi connectivity index (χ3n) is 8.23. The lowest BCUT2D eigenvalue weighted by Gasteiger charge is -2.50. The van der Waals surface area contributed by atoms with E-state index < -0.39 is 53.8 Å². The first kappa shape index (κ1) is 28.7. The van der Waals surface area contributed by atoms with Gasteiger partial charge in [-0.05, 0) is 75.2 Å². The number of ether oxygens (including phenoxy) is 2. The second-order valence-electron chi connectivity index (χ2n) is 10.5. The van der Waals surface area contributed by atoms with Crippen molar-refractivity contribution < 1.29 is 35.1 Å². The smallest absolute Gasteiger partial charge is 0.189 e. The predicted octanol–water partition coefficient (Wildman–Crippen LogP) is 4.38. The van der Waals surface area contributed by atoms with E-state index in [-0.39, 0.29) is 48.0 Å². The van der Waals surface area contributed by atoms with Gasteiger partial charge in [0, 0.05) is 24.1 Å². The van der Waals surface area contributed by atoms with Gasteiger partial charge in [-0.2, -0.15) is 0 Å². The summed E-state index contributed by atoms with van der Waals surface area (Å²) < 4.78 is 94.6. The number of hydrogen-bond acceptors (Lipinski definition) is 7. The van der Waals surface area contributed by atoms with Crippen molar-refractivity contribution in [3.05, 3.63) is 58.6 Å². The molecule has 5 rings (SSSR count). The van der Waals surface area contributed by atoms with Gasteiger partial charge in [0.15, 0.2) is 31.2 Å². The van der Waals surface area contributed by atoms with Crippen LogP contribution in [-0.4, -0.2) is 72.2 Å². The molecule has 3 atom stereocenters. The van der Waals surface area contributed by atoms with Gasteiger partial charge in [0.05, 0.1) is 34.7 Å². The van der Waals surface area contributed by atoms with E-state index in [1.165, 1.54) is 24.3 Å². The van der Waals surface area contributed by atoms with Crippen LogP contribution < -0.4 is 4.74 Å². The Morgan fingerprint density at radius 1 is 0.949 bits per heavy atom. The maximum atomic E-state index is 15.5. The molecule has 0 aromatic heterocycles. The molecule has 214 valence electrons. The van der Waals surface area contributed by atoms with E-state index in [4.69, 9.17) is 21.1 Å². The minimum atomic E-state index is -4.35. The van der Waals surface area contributed by atoms with Crippen molar-refractivity contribution in [3.8, 4) is 5.75 Å². The monoisotopic (exact) mass is 603 g/mol. The van der Waals surface area contributed by atoms with E-state index in [0.717, 1.165) is 44.5 Å². The van der Waals surface area contributed by atoms with Crippen LogP contribution in [0.15, 0.2) is 41.3 Å². The topological polar surface area (TPSA) is 90.0 Å². The molecule has 39 heavy (non-hydrogen) atoms. The fraction of sp³-hybridized carbons (Fsp3) is 0.556. The summed E-state index contributed by atoms with van der Waals surface area (Å²) in [5, 5.41) is 0.326. The number of likely N-dealkylation sites (tertiary alicyclic amines) is 1. The van der Waals surface area contributed by atoms with Gasteiger partial charge < -0.3 is 14.4 Å². The number of benzene rings is 2. The molecule has 3 aliphatic rings. The molecule has 2 fully saturated rings. The lowest BCUT2D eigenvalue weighted by molar-refractivity contribution is -0.0732. The van der Waals surface area contributed by atoms with Gasteiger partial charge in [-0.15, -0.1) is 0 Å². The van der Waals surface area contributed by atoms with E-state index in [0.29, 0.717) is 11.6 Å². The summed E-state index contributed by atoms with van der Waals surface area (Å²) in [6.07, 6.45) is 2.28. The number of sulfone groups is 2. The SMILES string of the molecule is O=S(=O)(CC[C@@H]1OCC[C@@]2(S(=O)(=O)c3ccc(Cl)cc3)c3c(F)ccc(F)c3OCC12)CCN1CCCCC1. The normalized spacial score (nSPS) is 25.9. The van der Waals surface area contributed by atoms with Crippen molar-refractivity contribution in [2.75, 3.05) is 44.4 Å². The third-order valence-corrected chi connectivity index (χ3v) is 12.7. The Bertz CT molecular complexity index is 1410. The van der Waals surface area contributed by atoms with Crippen molar-refractivity contribution >= 4 is 31.3 Å². The molecule has 0 bridgehead atoms. The Kier molecular flexibility index (Phi) is 8.28. The molecule has 0 radical (unpaired) electrons. The number of piperidine rings is 1. The molecule has 0 N–H and O–H groups in total. The standard InChI is InChI=1S/C27H32ClF2NO6S2/c28-19-4-6-20(7-5-19)39(34,35)27-11-15-36-24(10-16-38(32,33)17-14-31-12-2-1-3-13-31)21(27)18-37-26-23(30)9-8-22(29)25(26)27/h4-9,21,24H,1-3,10-18H2/t21?,24-,27-/m0/s1. The summed E-state index contributed by atoms with van der Waals surface area (Å²) in [5.41, 5.74) is -0.366. The van der Waals surface area contributed by atoms with E-state index in [2.05, 4.69) is 4.90 Å². The van der Waals surface area contributed by atoms with Crippen LogP contribution in [0.5, 0.6) is 5.75 Å². The Balaban J connectivity index is 1.48. The van der Waals surface area contributed by atoms with Crippen LogP contribution in [-0.2, 0) is 29.2 Å². The van der Waals surface area contributed by atoms with Gasteiger partial charge in [0.25, 0.3) is 0 Å². The molecule has 3 heterocycles. The zero-order chi connectivity index (χ0) is 27.8. The molecular formula is C27H32ClF2NO6S2. The fourth-order valence-electron chi connectivity index (χ4n) is 6.18. The van der Waals surface area contributed by atoms with Crippen LogP contribution in [0.3, 0.4) is 0 Å². The van der Waals surface area contributed by atoms with Crippen molar-refractivity contribution in [1.82, 2.24) is 4.90 Å². The molecule has 7 nitrogen and oxygen atoms in total. The number of nitrogens with zero attached hydrogens (tertiary/aromatic N) is 1. The van der Waals surface area contributed by atoms with Gasteiger partial charge in [0.2, 0.25) is 0 Å². The highest BCUT2D eigenvalue weighted by atomic mass is 35.5. The van der Waals surface area contributed by atoms with Gasteiger partial charge in [-0.3, -0.25) is 0 Å². The molecule has 2 aromatic carbocycles. The first-order valence-corrected chi connectivity index (χ1v) is 16.9. The van der Waals surface area contributed by atoms with Crippen LogP contribution in [0, 0.1) is 17.6 Å². The van der Waals surface area contributed by atoms with E-state index in [9.17, 15) is 21.2 Å². The highest BCUT2D eigenvalue weighted by Gasteiger charge is 2.61. The summed E-state index contributed by atoms with van der Waals surface area (Å²) in [7, 11) is -7.81. The van der Waals surface area contributed by atoms with Crippen molar-refractivity contribution in [2.45, 2.75) is 47.9 Å². The lowest BCUT2D eigenvalue weighted by Crippen LogP contribution is -2.57. The summed E-state index contributed by atoms with van der Waals surface area (Å²) in [6.45, 7) is 1.88. The van der Waals surface area contributed by atoms with Crippen molar-refractivity contribution in [1.29, 1.82) is 0 Å². The highest BCUT2D eigenvalue weighted by molar-refractivity contribution is 7.92. The Hall–Kier alpha value is -1.79. The number of rotatable bonds is 8. The fourth-order valence-corrected chi connectivity index (χ4v) is 9.99. The second kappa shape index (κ2) is 11.2. The van der Waals surface area contributed by atoms with Gasteiger partial charge in [-0.1, -0.05) is 18.0 Å². The van der Waals surface area contributed by atoms with Crippen molar-refractivity contribution in [3.63, 3.8) is 0 Å². The Morgan fingerprint density at radius 2 is 1.64 bits per heavy atom. The van der Waals surface area contributed by atoms with Gasteiger partial charge in [0.1, 0.15) is 10.6 Å². The average molecular weight is 604 g/mol. The van der Waals surface area contributed by atoms with Crippen LogP contribution in [0.25, 0.3) is 0 Å². The lowest BCUT2D eigenvalue weighted by atomic mass is 9.75. The van der Waals surface area contributed by atoms with Crippen molar-refractivity contribution in [2.24, 2.45) is 5.92 Å². The average Bonchev–Trinajstić information content (AvgIpc) is 2.93. The molecule has 0 spiro atoms. The minimum absolute atomic E-state index is 0.00221. The van der Waals surface area contributed by atoms with E-state index >= 15 is 4.39 Å². The zero-order valence-corrected chi connectivity index (χ0v) is 23.8. The molecule has 2 aromatic rings. The maximum Gasteiger partial charge on any atom is 0.189 e. The molecule has 2 saturated heterocycles. The summed E-state index contributed by atoms with van der Waals surface area (Å²) in [5.74, 6) is -3.37. The van der Waals surface area contributed by atoms with Gasteiger partial charge in [-0.25, -0.2) is 25.6 Å². The summed E-state index contributed by atoms with van der Waals surface area (Å²) in [4.78, 5) is 2.05. The summed E-state index contributed by atoms with van der Waals surface area (Å²) in [6, 6.07) is 7.33. The highest BCUT2D eigenvalue weighted by Crippen LogP contribution is 2.55. The first-order chi connectivity index (χ1) is 18.5. The largest absolute Gasteiger partial charge is 0.490 e. The predicted molar refractivity (Wildman–Crippen MR) is 144 cm³/mol. The zero-order valence-electron chi connectivity index (χ0n) is 21.5. The molecule has 0 saturated carbocycles. The number of hydrogen-bond donors (Lipinski definition) is 0. The third kappa shape index (κ3) is 5.45. The minimum Gasteiger partial charge on any atom is -0.490 e. The molecule has 3 aliphatic heterocycles. The first-order valence-electron chi connectivity index (χ1n) is 13.2. The van der Waals surface area contributed by atoms with Crippen LogP contribution >= 0.6 is 11.6 Å². The van der Waals surface area contributed by atoms with E-state index in [1.807, 2.05) is 0 Å². The van der Waals surface area contributed by atoms with Crippen LogP contribution in [0.1, 0.15) is 37.7 Å². The van der Waals surface area contributed by atoms with Gasteiger partial charge >= 0.3 is 0 Å². The maximum absolute atomic E-state index is 15.5. The quantitative estimate of drug-likeness (QED) is 0.442. The summed E-state index contributed by atoms with van der Waals surface area (Å²) >= 11 is 5.99. The Morgan fingerprint density at radius 3 is 2.36 bits per heavy atom. The molecule has 12 heteroatoms. The molecule has 1 unspecified atom stereocenters. The number of halogens is 3. The molecule has 0 aliphatic carbocycles. The van der Waals surface area contributed by atoms with E-state index in [1.54, 1.807) is 0 Å². The second-order valence-corrected chi connectivity index (χ2v) is 15.4. The van der Waals surface area contributed by atoms with Crippen LogP contribution in [0.4, 0.5) is 8.78 Å².